The largest absolute Gasteiger partial charge is 0.456 e. The Hall–Kier alpha value is -7.53. The fourth-order valence-electron chi connectivity index (χ4n) is 8.12. The summed E-state index contributed by atoms with van der Waals surface area (Å²) in [6.45, 7) is 0. The summed E-state index contributed by atoms with van der Waals surface area (Å²) in [4.78, 5) is 7.40. The number of nitrogens with zero attached hydrogens (tertiary/aromatic N) is 2. The highest BCUT2D eigenvalue weighted by molar-refractivity contribution is 7.22. The predicted octanol–water partition coefficient (Wildman–Crippen LogP) is 16.0. The van der Waals surface area contributed by atoms with Gasteiger partial charge >= 0.3 is 0 Å². The first-order valence-corrected chi connectivity index (χ1v) is 20.7. The molecule has 0 atom stereocenters. The Balaban J connectivity index is 1.02. The van der Waals surface area contributed by atoms with Crippen molar-refractivity contribution in [2.24, 2.45) is 0 Å². The normalized spacial score (nSPS) is 11.4. The molecular formula is C55H36N2OS. The van der Waals surface area contributed by atoms with Gasteiger partial charge in [-0.15, -0.1) is 11.3 Å². The highest BCUT2D eigenvalue weighted by Gasteiger charge is 2.19. The minimum absolute atomic E-state index is 0.854. The van der Waals surface area contributed by atoms with Crippen molar-refractivity contribution in [3.8, 4) is 55.1 Å². The maximum absolute atomic E-state index is 6.50. The van der Waals surface area contributed by atoms with Crippen molar-refractivity contribution in [1.29, 1.82) is 0 Å². The van der Waals surface area contributed by atoms with Crippen LogP contribution in [0.1, 0.15) is 0 Å². The van der Waals surface area contributed by atoms with Crippen LogP contribution < -0.4 is 4.90 Å². The van der Waals surface area contributed by atoms with E-state index in [0.717, 1.165) is 65.4 Å². The van der Waals surface area contributed by atoms with Crippen LogP contribution in [0.25, 0.3) is 87.2 Å². The second-order valence-electron chi connectivity index (χ2n) is 14.8. The Morgan fingerprint density at radius 3 is 1.41 bits per heavy atom. The third kappa shape index (κ3) is 6.56. The molecule has 0 aliphatic heterocycles. The molecule has 0 fully saturated rings. The lowest BCUT2D eigenvalue weighted by Gasteiger charge is -2.26. The fraction of sp³-hybridized carbons (Fsp3) is 0. The van der Waals surface area contributed by atoms with E-state index >= 15 is 0 Å². The molecule has 0 spiro atoms. The van der Waals surface area contributed by atoms with Crippen LogP contribution in [0, 0.1) is 0 Å². The van der Waals surface area contributed by atoms with Gasteiger partial charge in [-0.3, -0.25) is 0 Å². The Labute approximate surface area is 346 Å². The number of anilines is 3. The van der Waals surface area contributed by atoms with E-state index in [4.69, 9.17) is 9.40 Å². The summed E-state index contributed by atoms with van der Waals surface area (Å²) in [7, 11) is 0. The van der Waals surface area contributed by atoms with Crippen molar-refractivity contribution in [3.05, 3.63) is 218 Å². The first kappa shape index (κ1) is 34.7. The molecule has 2 aromatic heterocycles. The Bertz CT molecular complexity index is 3230. The van der Waals surface area contributed by atoms with Gasteiger partial charge in [-0.2, -0.15) is 0 Å². The summed E-state index contributed by atoms with van der Waals surface area (Å²) in [5, 5.41) is 3.17. The van der Waals surface area contributed by atoms with Gasteiger partial charge in [0.1, 0.15) is 16.2 Å². The van der Waals surface area contributed by atoms with E-state index in [0.29, 0.717) is 0 Å². The maximum atomic E-state index is 6.50. The van der Waals surface area contributed by atoms with E-state index in [9.17, 15) is 0 Å². The van der Waals surface area contributed by atoms with Gasteiger partial charge < -0.3 is 9.32 Å². The average molecular weight is 773 g/mol. The van der Waals surface area contributed by atoms with Crippen LogP contribution in [-0.4, -0.2) is 4.98 Å². The van der Waals surface area contributed by atoms with Crippen molar-refractivity contribution in [2.45, 2.75) is 0 Å². The molecule has 9 aromatic carbocycles. The fourth-order valence-corrected chi connectivity index (χ4v) is 9.25. The Kier molecular flexibility index (Phi) is 8.68. The monoisotopic (exact) mass is 772 g/mol. The summed E-state index contributed by atoms with van der Waals surface area (Å²) in [5.41, 5.74) is 16.5. The summed E-state index contributed by atoms with van der Waals surface area (Å²) in [5.74, 6) is 0. The molecule has 0 aliphatic rings. The van der Waals surface area contributed by atoms with Gasteiger partial charge in [0.15, 0.2) is 0 Å². The molecule has 0 bridgehead atoms. The number of furan rings is 1. The van der Waals surface area contributed by atoms with Crippen LogP contribution in [0.5, 0.6) is 0 Å². The zero-order valence-corrected chi connectivity index (χ0v) is 32.8. The predicted molar refractivity (Wildman–Crippen MR) is 249 cm³/mol. The minimum Gasteiger partial charge on any atom is -0.456 e. The van der Waals surface area contributed by atoms with Crippen molar-refractivity contribution >= 4 is 60.6 Å². The third-order valence-electron chi connectivity index (χ3n) is 11.1. The van der Waals surface area contributed by atoms with Crippen molar-refractivity contribution in [1.82, 2.24) is 4.98 Å². The van der Waals surface area contributed by atoms with Gasteiger partial charge in [0.05, 0.1) is 10.2 Å². The molecule has 11 aromatic rings. The van der Waals surface area contributed by atoms with Crippen LogP contribution in [0.2, 0.25) is 0 Å². The first-order valence-electron chi connectivity index (χ1n) is 19.9. The summed E-state index contributed by atoms with van der Waals surface area (Å²) >= 11 is 1.72. The second-order valence-corrected chi connectivity index (χ2v) is 15.8. The molecular weight excluding hydrogens is 737 g/mol. The van der Waals surface area contributed by atoms with E-state index in [2.05, 4.69) is 217 Å². The Morgan fingerprint density at radius 1 is 0.356 bits per heavy atom. The van der Waals surface area contributed by atoms with Crippen LogP contribution in [0.3, 0.4) is 0 Å². The molecule has 0 unspecified atom stereocenters. The number of hydrogen-bond acceptors (Lipinski definition) is 4. The smallest absolute Gasteiger partial charge is 0.137 e. The molecule has 2 heterocycles. The second kappa shape index (κ2) is 14.8. The zero-order valence-electron chi connectivity index (χ0n) is 32.0. The lowest BCUT2D eigenvalue weighted by molar-refractivity contribution is 0.669. The molecule has 11 rings (SSSR count). The number of benzene rings is 9. The van der Waals surface area contributed by atoms with Crippen molar-refractivity contribution < 1.29 is 4.42 Å². The van der Waals surface area contributed by atoms with Gasteiger partial charge in [-0.25, -0.2) is 4.98 Å². The van der Waals surface area contributed by atoms with E-state index in [1.54, 1.807) is 11.3 Å². The molecule has 0 saturated carbocycles. The van der Waals surface area contributed by atoms with E-state index in [-0.39, 0.29) is 0 Å². The number of fused-ring (bicyclic) bond motifs is 5. The highest BCUT2D eigenvalue weighted by atomic mass is 32.1. The maximum Gasteiger partial charge on any atom is 0.137 e. The minimum atomic E-state index is 0.854. The van der Waals surface area contributed by atoms with E-state index in [1.807, 2.05) is 6.07 Å². The summed E-state index contributed by atoms with van der Waals surface area (Å²) < 4.78 is 7.63. The van der Waals surface area contributed by atoms with Crippen molar-refractivity contribution in [3.63, 3.8) is 0 Å². The quantitative estimate of drug-likeness (QED) is 0.154. The molecule has 0 radical (unpaired) electrons. The van der Waals surface area contributed by atoms with Gasteiger partial charge in [-0.1, -0.05) is 164 Å². The highest BCUT2D eigenvalue weighted by Crippen LogP contribution is 2.44. The van der Waals surface area contributed by atoms with Gasteiger partial charge in [-0.05, 0) is 99.1 Å². The van der Waals surface area contributed by atoms with Gasteiger partial charge in [0, 0.05) is 33.4 Å². The molecule has 4 heteroatoms. The first-order chi connectivity index (χ1) is 29.2. The molecule has 0 aliphatic carbocycles. The lowest BCUT2D eigenvalue weighted by atomic mass is 9.99. The standard InChI is InChI=1S/C55H36N2OS/c1-4-11-37(12-5-1)39-19-21-41(22-20-39)42-27-29-46(30-28-42)57(47-18-10-17-45(35-47)43-25-23-40(24-26-43)38-13-6-2-7-14-38)48-31-33-51-49(36-48)53-52(58-51)34-32-50-54(53)59-55(56-50)44-15-8-3-9-16-44/h1-36H. The van der Waals surface area contributed by atoms with Crippen molar-refractivity contribution in [2.75, 3.05) is 4.90 Å². The lowest BCUT2D eigenvalue weighted by Crippen LogP contribution is -2.10. The molecule has 59 heavy (non-hydrogen) atoms. The Morgan fingerprint density at radius 2 is 0.814 bits per heavy atom. The number of aromatic nitrogens is 1. The molecule has 278 valence electrons. The SMILES string of the molecule is c1ccc(-c2ccc(-c3ccc(N(c4cccc(-c5ccc(-c6ccccc6)cc5)c4)c4ccc5oc6ccc7nc(-c8ccccc8)sc7c6c5c4)cc3)cc2)cc1. The molecule has 0 N–H and O–H groups in total. The van der Waals surface area contributed by atoms with Gasteiger partial charge in [0.2, 0.25) is 0 Å². The van der Waals surface area contributed by atoms with Crippen LogP contribution in [0.4, 0.5) is 17.1 Å². The van der Waals surface area contributed by atoms with E-state index in [1.165, 1.54) is 38.9 Å². The molecule has 0 amide bonds. The zero-order chi connectivity index (χ0) is 39.1. The van der Waals surface area contributed by atoms with Gasteiger partial charge in [0.25, 0.3) is 0 Å². The van der Waals surface area contributed by atoms with Crippen LogP contribution in [-0.2, 0) is 0 Å². The topological polar surface area (TPSA) is 29.3 Å². The third-order valence-corrected chi connectivity index (χ3v) is 12.3. The summed E-state index contributed by atoms with van der Waals surface area (Å²) in [6, 6.07) is 77.6. The molecule has 3 nitrogen and oxygen atoms in total. The van der Waals surface area contributed by atoms with E-state index < -0.39 is 0 Å². The number of rotatable bonds is 8. The number of hydrogen-bond donors (Lipinski definition) is 0. The van der Waals surface area contributed by atoms with Crippen LogP contribution >= 0.6 is 11.3 Å². The number of thiazole rings is 1. The summed E-state index contributed by atoms with van der Waals surface area (Å²) in [6.07, 6.45) is 0. The average Bonchev–Trinajstić information content (AvgIpc) is 3.92. The molecule has 0 saturated heterocycles. The van der Waals surface area contributed by atoms with Crippen LogP contribution in [0.15, 0.2) is 223 Å².